The standard InChI is InChI=1S/C60H39BN2O2Si/c1-6-20-40(21-7-1)62-52-38-58-48(46-30-16-18-32-56(46)64-58)36-50(52)61-51-37-49-47-31-17-19-33-57(47)65-59(49)39-53(51)63(41-22-8-2-9-23-41)55-35-45(34-54(62)60(55)61)66(42-24-10-3-11-25-42,43-26-12-4-13-27-43)44-28-14-5-15-29-44/h1-39H. The average Bonchev–Trinajstić information content (AvgIpc) is 3.94. The van der Waals surface area contributed by atoms with Crippen LogP contribution in [0.15, 0.2) is 245 Å². The van der Waals surface area contributed by atoms with Gasteiger partial charge in [0.2, 0.25) is 0 Å². The van der Waals surface area contributed by atoms with E-state index in [2.05, 4.69) is 246 Å². The molecule has 0 saturated heterocycles. The molecule has 0 bridgehead atoms. The summed E-state index contributed by atoms with van der Waals surface area (Å²) in [6.07, 6.45) is 0. The normalized spacial score (nSPS) is 13.1. The first kappa shape index (κ1) is 37.1. The van der Waals surface area contributed by atoms with Gasteiger partial charge in [-0.1, -0.05) is 176 Å². The number of furan rings is 2. The molecule has 12 aromatic rings. The van der Waals surface area contributed by atoms with Gasteiger partial charge >= 0.3 is 0 Å². The van der Waals surface area contributed by atoms with Gasteiger partial charge in [0.1, 0.15) is 22.3 Å². The molecule has 0 unspecified atom stereocenters. The highest BCUT2D eigenvalue weighted by molar-refractivity contribution is 7.20. The second-order valence-electron chi connectivity index (χ2n) is 17.6. The van der Waals surface area contributed by atoms with Crippen molar-refractivity contribution in [3.8, 4) is 0 Å². The van der Waals surface area contributed by atoms with Crippen molar-refractivity contribution in [2.24, 2.45) is 0 Å². The van der Waals surface area contributed by atoms with Crippen molar-refractivity contribution in [1.29, 1.82) is 0 Å². The number of benzene rings is 10. The summed E-state index contributed by atoms with van der Waals surface area (Å²) < 4.78 is 13.5. The number of hydrogen-bond donors (Lipinski definition) is 0. The molecule has 14 rings (SSSR count). The van der Waals surface area contributed by atoms with E-state index in [9.17, 15) is 0 Å². The van der Waals surface area contributed by atoms with Gasteiger partial charge < -0.3 is 18.6 Å². The number of nitrogens with zero attached hydrogens (tertiary/aromatic N) is 2. The predicted octanol–water partition coefficient (Wildman–Crippen LogP) is 10.9. The molecule has 2 aliphatic heterocycles. The maximum absolute atomic E-state index is 6.75. The van der Waals surface area contributed by atoms with Crippen LogP contribution in [-0.4, -0.2) is 14.8 Å². The van der Waals surface area contributed by atoms with Crippen LogP contribution >= 0.6 is 0 Å². The monoisotopic (exact) mass is 858 g/mol. The second-order valence-corrected chi connectivity index (χ2v) is 21.4. The maximum Gasteiger partial charge on any atom is 0.252 e. The van der Waals surface area contributed by atoms with E-state index in [1.165, 1.54) is 37.1 Å². The number of hydrogen-bond acceptors (Lipinski definition) is 4. The molecule has 2 aromatic heterocycles. The highest BCUT2D eigenvalue weighted by atomic mass is 28.3. The molecule has 0 atom stereocenters. The molecule has 0 saturated carbocycles. The van der Waals surface area contributed by atoms with Gasteiger partial charge in [0.25, 0.3) is 6.71 Å². The summed E-state index contributed by atoms with van der Waals surface area (Å²) in [5.74, 6) is 0. The fraction of sp³-hybridized carbons (Fsp3) is 0. The van der Waals surface area contributed by atoms with Crippen molar-refractivity contribution in [1.82, 2.24) is 0 Å². The molecule has 4 heterocycles. The first-order valence-corrected chi connectivity index (χ1v) is 24.7. The lowest BCUT2D eigenvalue weighted by molar-refractivity contribution is 0.668. The summed E-state index contributed by atoms with van der Waals surface area (Å²) in [6.45, 7) is -0.133. The molecular formula is C60H39BN2O2Si. The third-order valence-corrected chi connectivity index (χ3v) is 18.9. The van der Waals surface area contributed by atoms with Crippen LogP contribution in [0.2, 0.25) is 0 Å². The van der Waals surface area contributed by atoms with Crippen molar-refractivity contribution < 1.29 is 8.83 Å². The Morgan fingerprint density at radius 2 is 0.667 bits per heavy atom. The Morgan fingerprint density at radius 3 is 1.08 bits per heavy atom. The minimum Gasteiger partial charge on any atom is -0.456 e. The third kappa shape index (κ3) is 5.27. The van der Waals surface area contributed by atoms with E-state index in [4.69, 9.17) is 8.83 Å². The van der Waals surface area contributed by atoms with E-state index < -0.39 is 8.07 Å². The SMILES string of the molecule is c1ccc(N2c3cc4oc5ccccc5c4cc3B3c4cc5c(cc4N(c4ccccc4)c4cc([Si](c6ccccc6)(c6ccccc6)c6ccccc6)cc2c43)oc2ccccc25)cc1. The second kappa shape index (κ2) is 14.3. The van der Waals surface area contributed by atoms with E-state index in [0.717, 1.165) is 78.0 Å². The molecule has 6 heteroatoms. The number of anilines is 6. The van der Waals surface area contributed by atoms with E-state index in [0.29, 0.717) is 0 Å². The zero-order valence-electron chi connectivity index (χ0n) is 35.8. The van der Waals surface area contributed by atoms with Gasteiger partial charge in [-0.05, 0) is 85.7 Å². The molecule has 10 aromatic carbocycles. The first-order valence-electron chi connectivity index (χ1n) is 22.7. The van der Waals surface area contributed by atoms with Crippen LogP contribution in [0.4, 0.5) is 34.1 Å². The van der Waals surface area contributed by atoms with Crippen LogP contribution in [0.25, 0.3) is 43.9 Å². The number of fused-ring (bicyclic) bond motifs is 10. The Labute approximate surface area is 383 Å². The molecule has 0 N–H and O–H groups in total. The lowest BCUT2D eigenvalue weighted by Gasteiger charge is -2.45. The summed E-state index contributed by atoms with van der Waals surface area (Å²) in [4.78, 5) is 5.03. The van der Waals surface area contributed by atoms with Gasteiger partial charge in [0.05, 0.1) is 0 Å². The molecule has 308 valence electrons. The summed E-state index contributed by atoms with van der Waals surface area (Å²) in [6, 6.07) is 87.0. The Balaban J connectivity index is 1.19. The summed E-state index contributed by atoms with van der Waals surface area (Å²) in [5.41, 5.74) is 14.0. The van der Waals surface area contributed by atoms with Crippen molar-refractivity contribution in [2.45, 2.75) is 0 Å². The van der Waals surface area contributed by atoms with E-state index in [1.807, 2.05) is 0 Å². The van der Waals surface area contributed by atoms with Crippen molar-refractivity contribution in [2.75, 3.05) is 9.80 Å². The van der Waals surface area contributed by atoms with Gasteiger partial charge in [-0.15, -0.1) is 0 Å². The van der Waals surface area contributed by atoms with Gasteiger partial charge in [-0.2, -0.15) is 0 Å². The number of para-hydroxylation sites is 4. The van der Waals surface area contributed by atoms with E-state index in [-0.39, 0.29) is 6.71 Å². The summed E-state index contributed by atoms with van der Waals surface area (Å²) >= 11 is 0. The van der Waals surface area contributed by atoms with Crippen LogP contribution in [0.3, 0.4) is 0 Å². The Morgan fingerprint density at radius 1 is 0.303 bits per heavy atom. The Kier molecular flexibility index (Phi) is 8.06. The zero-order valence-corrected chi connectivity index (χ0v) is 36.8. The lowest BCUT2D eigenvalue weighted by Crippen LogP contribution is -2.75. The maximum atomic E-state index is 6.75. The molecule has 4 nitrogen and oxygen atoms in total. The molecule has 0 spiro atoms. The summed E-state index contributed by atoms with van der Waals surface area (Å²) in [5, 5.41) is 9.73. The Bertz CT molecular complexity index is 3550. The average molecular weight is 859 g/mol. The van der Waals surface area contributed by atoms with E-state index in [1.54, 1.807) is 0 Å². The van der Waals surface area contributed by atoms with Gasteiger partial charge in [0, 0.05) is 67.8 Å². The zero-order chi connectivity index (χ0) is 43.3. The fourth-order valence-electron chi connectivity index (χ4n) is 11.4. The third-order valence-electron chi connectivity index (χ3n) is 14.1. The highest BCUT2D eigenvalue weighted by Crippen LogP contribution is 2.46. The molecule has 0 fully saturated rings. The van der Waals surface area contributed by atoms with Crippen LogP contribution in [0, 0.1) is 0 Å². The smallest absolute Gasteiger partial charge is 0.252 e. The quantitative estimate of drug-likeness (QED) is 0.123. The lowest BCUT2D eigenvalue weighted by atomic mass is 9.33. The van der Waals surface area contributed by atoms with Crippen molar-refractivity contribution >= 4 is 130 Å². The van der Waals surface area contributed by atoms with Crippen LogP contribution in [0.1, 0.15) is 0 Å². The molecular weight excluding hydrogens is 820 g/mol. The van der Waals surface area contributed by atoms with Crippen molar-refractivity contribution in [3.63, 3.8) is 0 Å². The van der Waals surface area contributed by atoms with Crippen molar-refractivity contribution in [3.05, 3.63) is 237 Å². The molecule has 2 aliphatic rings. The minimum absolute atomic E-state index is 0.133. The van der Waals surface area contributed by atoms with Crippen LogP contribution < -0.4 is 46.9 Å². The van der Waals surface area contributed by atoms with E-state index >= 15 is 0 Å². The van der Waals surface area contributed by atoms with Gasteiger partial charge in [-0.25, -0.2) is 0 Å². The molecule has 0 amide bonds. The largest absolute Gasteiger partial charge is 0.456 e. The fourth-order valence-corrected chi connectivity index (χ4v) is 16.2. The van der Waals surface area contributed by atoms with Crippen LogP contribution in [0.5, 0.6) is 0 Å². The molecule has 66 heavy (non-hydrogen) atoms. The van der Waals surface area contributed by atoms with Gasteiger partial charge in [-0.3, -0.25) is 0 Å². The minimum atomic E-state index is -3.07. The summed E-state index contributed by atoms with van der Waals surface area (Å²) in [7, 11) is -3.07. The molecule has 0 aliphatic carbocycles. The predicted molar refractivity (Wildman–Crippen MR) is 279 cm³/mol. The highest BCUT2D eigenvalue weighted by Gasteiger charge is 2.48. The van der Waals surface area contributed by atoms with Crippen LogP contribution in [-0.2, 0) is 0 Å². The Hall–Kier alpha value is -8.32. The number of rotatable bonds is 6. The first-order chi connectivity index (χ1) is 32.7. The molecule has 0 radical (unpaired) electrons. The van der Waals surface area contributed by atoms with Gasteiger partial charge in [0.15, 0.2) is 8.07 Å². The topological polar surface area (TPSA) is 32.8 Å².